The van der Waals surface area contributed by atoms with E-state index in [0.717, 1.165) is 30.7 Å². The summed E-state index contributed by atoms with van der Waals surface area (Å²) in [5.41, 5.74) is 1.06. The van der Waals surface area contributed by atoms with Crippen molar-refractivity contribution in [2.75, 3.05) is 20.3 Å². The van der Waals surface area contributed by atoms with Crippen molar-refractivity contribution >= 4 is 42.8 Å². The van der Waals surface area contributed by atoms with Crippen LogP contribution in [0.3, 0.4) is 0 Å². The smallest absolute Gasteiger partial charge is 0.293 e. The van der Waals surface area contributed by atoms with Crippen molar-refractivity contribution in [3.05, 3.63) is 29.8 Å². The van der Waals surface area contributed by atoms with Crippen molar-refractivity contribution in [3.8, 4) is 5.75 Å². The summed E-state index contributed by atoms with van der Waals surface area (Å²) in [7, 11) is 2.89. The Hall–Kier alpha value is -1.00. The molecule has 0 saturated carbocycles. The summed E-state index contributed by atoms with van der Waals surface area (Å²) in [4.78, 5) is 23.7. The highest BCUT2D eigenvalue weighted by Gasteiger charge is 2.41. The lowest BCUT2D eigenvalue weighted by atomic mass is 10.0. The average Bonchev–Trinajstić information content (AvgIpc) is 2.97. The third kappa shape index (κ3) is 6.62. The van der Waals surface area contributed by atoms with Gasteiger partial charge in [-0.15, -0.1) is 0 Å². The summed E-state index contributed by atoms with van der Waals surface area (Å²) >= 11 is 2.06. The third-order valence-electron chi connectivity index (χ3n) is 4.01. The molecule has 2 atom stereocenters. The summed E-state index contributed by atoms with van der Waals surface area (Å²) < 4.78 is 15.1. The molecule has 2 unspecified atom stereocenters. The molecule has 0 spiro atoms. The third-order valence-corrected chi connectivity index (χ3v) is 4.94. The second-order valence-corrected chi connectivity index (χ2v) is 6.98. The normalized spacial score (nSPS) is 18.9. The van der Waals surface area contributed by atoms with Crippen LogP contribution in [0.5, 0.6) is 5.75 Å². The van der Waals surface area contributed by atoms with E-state index in [1.54, 1.807) is 14.0 Å². The molecular weight excluding hydrogens is 469 g/mol. The van der Waals surface area contributed by atoms with E-state index in [-0.39, 0.29) is 18.1 Å². The Bertz CT molecular complexity index is 560. The first kappa shape index (κ1) is 23.0. The van der Waals surface area contributed by atoms with Crippen molar-refractivity contribution in [1.82, 2.24) is 4.90 Å². The molecule has 1 heterocycles. The first-order valence-corrected chi connectivity index (χ1v) is 11.9. The number of amides is 1. The molecule has 26 heavy (non-hydrogen) atoms. The molecule has 8 heteroatoms. The van der Waals surface area contributed by atoms with Crippen LogP contribution < -0.4 is 4.74 Å². The first-order valence-electron chi connectivity index (χ1n) is 8.57. The molecule has 1 aliphatic rings. The second-order valence-electron chi connectivity index (χ2n) is 5.58. The van der Waals surface area contributed by atoms with Gasteiger partial charge in [0.25, 0.3) is 12.4 Å². The Kier molecular flexibility index (Phi) is 11.7. The average molecular weight is 495 g/mol. The number of hydrogen-bond acceptors (Lipinski definition) is 6. The zero-order valence-electron chi connectivity index (χ0n) is 15.4. The van der Waals surface area contributed by atoms with Crippen LogP contribution in [0.1, 0.15) is 44.7 Å². The van der Waals surface area contributed by atoms with Gasteiger partial charge in [0.2, 0.25) is 0 Å². The number of unbranched alkanes of at least 4 members (excludes halogenated alkanes) is 1. The van der Waals surface area contributed by atoms with Crippen LogP contribution in [0, 0.1) is 0 Å². The van der Waals surface area contributed by atoms with Gasteiger partial charge in [-0.1, -0.05) is 31.5 Å². The van der Waals surface area contributed by atoms with Crippen molar-refractivity contribution < 1.29 is 23.2 Å². The number of rotatable bonds is 9. The van der Waals surface area contributed by atoms with E-state index in [4.69, 9.17) is 8.92 Å². The van der Waals surface area contributed by atoms with Gasteiger partial charge in [-0.05, 0) is 19.4 Å². The van der Waals surface area contributed by atoms with Crippen LogP contribution in [0.25, 0.3) is 0 Å². The van der Waals surface area contributed by atoms with Gasteiger partial charge in [0.05, 0.1) is 29.0 Å². The molecule has 0 aromatic heterocycles. The number of hydrogen-bond donors (Lipinski definition) is 0. The highest BCUT2D eigenvalue weighted by molar-refractivity contribution is 14.2. The fraction of sp³-hybridized carbons (Fsp3) is 0.556. The van der Waals surface area contributed by atoms with Crippen LogP contribution in [-0.2, 0) is 18.5 Å². The number of benzene rings is 1. The maximum Gasteiger partial charge on any atom is 0.293 e. The maximum absolute atomic E-state index is 12.5. The fourth-order valence-electron chi connectivity index (χ4n) is 2.79. The molecule has 0 bridgehead atoms. The molecule has 1 fully saturated rings. The SMILES string of the molecule is CCCCN1C(=O)C(OSI)CC1c1ccccc1OC.CCOC=O. The standard InChI is InChI=1S/C15H20INO3S.C3H6O2/c1-3-4-9-17-12(10-14(15(17)18)20-21-16)11-7-5-6-8-13(11)19-2;1-2-5-3-4/h5-8,12,14H,3-4,9-10H2,1-2H3;3H,2H2,1H3. The van der Waals surface area contributed by atoms with Gasteiger partial charge in [-0.2, -0.15) is 0 Å². The predicted octanol–water partition coefficient (Wildman–Crippen LogP) is 4.33. The molecule has 0 aliphatic carbocycles. The summed E-state index contributed by atoms with van der Waals surface area (Å²) in [6.07, 6.45) is 2.38. The van der Waals surface area contributed by atoms with Crippen LogP contribution in [0.4, 0.5) is 0 Å². The summed E-state index contributed by atoms with van der Waals surface area (Å²) in [6, 6.07) is 7.95. The molecule has 1 aromatic carbocycles. The number of likely N-dealkylation sites (tertiary alicyclic amines) is 1. The van der Waals surface area contributed by atoms with Crippen molar-refractivity contribution in [2.45, 2.75) is 45.3 Å². The minimum absolute atomic E-state index is 0.0359. The van der Waals surface area contributed by atoms with Crippen LogP contribution in [0.15, 0.2) is 24.3 Å². The van der Waals surface area contributed by atoms with E-state index >= 15 is 0 Å². The summed E-state index contributed by atoms with van der Waals surface area (Å²) in [5.74, 6) is 0.920. The predicted molar refractivity (Wildman–Crippen MR) is 111 cm³/mol. The van der Waals surface area contributed by atoms with Crippen molar-refractivity contribution in [3.63, 3.8) is 0 Å². The van der Waals surface area contributed by atoms with Crippen molar-refractivity contribution in [1.29, 1.82) is 0 Å². The molecule has 2 rings (SSSR count). The molecule has 6 nitrogen and oxygen atoms in total. The minimum atomic E-state index is -0.362. The number of para-hydroxylation sites is 1. The minimum Gasteiger partial charge on any atom is -0.496 e. The molecule has 1 amide bonds. The maximum atomic E-state index is 12.5. The van der Waals surface area contributed by atoms with E-state index in [1.807, 2.05) is 29.2 Å². The zero-order chi connectivity index (χ0) is 19.4. The first-order chi connectivity index (χ1) is 12.6. The molecular formula is C18H26INO5S. The van der Waals surface area contributed by atoms with Gasteiger partial charge in [-0.3, -0.25) is 13.8 Å². The Morgan fingerprint density at radius 1 is 1.35 bits per heavy atom. The molecule has 1 aliphatic heterocycles. The van der Waals surface area contributed by atoms with E-state index in [1.165, 1.54) is 9.21 Å². The van der Waals surface area contributed by atoms with E-state index in [0.29, 0.717) is 19.5 Å². The lowest BCUT2D eigenvalue weighted by Gasteiger charge is -2.26. The number of nitrogens with zero attached hydrogens (tertiary/aromatic N) is 1. The quantitative estimate of drug-likeness (QED) is 0.289. The zero-order valence-corrected chi connectivity index (χ0v) is 18.3. The van der Waals surface area contributed by atoms with Gasteiger partial charge in [0.1, 0.15) is 5.75 Å². The largest absolute Gasteiger partial charge is 0.496 e. The van der Waals surface area contributed by atoms with E-state index < -0.39 is 0 Å². The van der Waals surface area contributed by atoms with Gasteiger partial charge in [0.15, 0.2) is 6.10 Å². The second kappa shape index (κ2) is 13.2. The number of carbonyl (C=O) groups is 2. The lowest BCUT2D eigenvalue weighted by Crippen LogP contribution is -2.32. The van der Waals surface area contributed by atoms with Gasteiger partial charge >= 0.3 is 0 Å². The Morgan fingerprint density at radius 3 is 2.62 bits per heavy atom. The summed E-state index contributed by atoms with van der Waals surface area (Å²) in [5, 5.41) is 0. The number of ether oxygens (including phenoxy) is 2. The fourth-order valence-corrected chi connectivity index (χ4v) is 3.79. The lowest BCUT2D eigenvalue weighted by molar-refractivity contribution is -0.134. The monoisotopic (exact) mass is 495 g/mol. The van der Waals surface area contributed by atoms with Gasteiger partial charge in [-0.25, -0.2) is 0 Å². The van der Waals surface area contributed by atoms with Crippen LogP contribution in [0.2, 0.25) is 0 Å². The van der Waals surface area contributed by atoms with E-state index in [2.05, 4.69) is 32.9 Å². The highest BCUT2D eigenvalue weighted by Crippen LogP contribution is 2.40. The number of methoxy groups -OCH3 is 1. The van der Waals surface area contributed by atoms with Crippen molar-refractivity contribution in [2.24, 2.45) is 0 Å². The number of halogens is 1. The molecule has 146 valence electrons. The van der Waals surface area contributed by atoms with E-state index in [9.17, 15) is 9.59 Å². The molecule has 0 radical (unpaired) electrons. The molecule has 0 N–H and O–H groups in total. The molecule has 1 aromatic rings. The van der Waals surface area contributed by atoms with Crippen LogP contribution in [-0.4, -0.2) is 43.6 Å². The van der Waals surface area contributed by atoms with Gasteiger partial charge < -0.3 is 14.4 Å². The van der Waals surface area contributed by atoms with Gasteiger partial charge in [0, 0.05) is 39.7 Å². The molecule has 1 saturated heterocycles. The Morgan fingerprint density at radius 2 is 2.08 bits per heavy atom. The Labute approximate surface area is 171 Å². The topological polar surface area (TPSA) is 65.1 Å². The Balaban J connectivity index is 0.000000597. The van der Waals surface area contributed by atoms with Crippen LogP contribution >= 0.6 is 30.4 Å². The number of carbonyl (C=O) groups excluding carboxylic acids is 2. The summed E-state index contributed by atoms with van der Waals surface area (Å²) in [6.45, 7) is 5.56. The highest BCUT2D eigenvalue weighted by atomic mass is 127.